The van der Waals surface area contributed by atoms with E-state index in [0.29, 0.717) is 39.0 Å². The summed E-state index contributed by atoms with van der Waals surface area (Å²) in [6.07, 6.45) is 2.84. The molecule has 0 radical (unpaired) electrons. The Morgan fingerprint density at radius 3 is 2.80 bits per heavy atom. The standard InChI is InChI=1S/C25H26ClN7O2/c1-14-8-9-19-20(10-14)35-25(31-19)33-24-30-15(2)21(23(34)29-13-16(11-27)12-28-3)22(32-24)17-6-4-5-7-18(17)26/h4-12,22,27-28H,13H2,1-3H3,(H,29,34)(H2,30,31,32,33)/b16-12+,27-11?. The Hall–Kier alpha value is -4.11. The summed E-state index contributed by atoms with van der Waals surface area (Å²) in [7, 11) is 1.73. The lowest BCUT2D eigenvalue weighted by molar-refractivity contribution is -0.117. The first-order chi connectivity index (χ1) is 16.9. The average Bonchev–Trinajstić information content (AvgIpc) is 3.22. The number of aryl methyl sites for hydroxylation is 1. The Morgan fingerprint density at radius 1 is 1.26 bits per heavy atom. The Morgan fingerprint density at radius 2 is 2.06 bits per heavy atom. The average molecular weight is 492 g/mol. The van der Waals surface area contributed by atoms with Gasteiger partial charge in [0.2, 0.25) is 5.96 Å². The summed E-state index contributed by atoms with van der Waals surface area (Å²) in [5, 5.41) is 20.0. The maximum atomic E-state index is 13.2. The van der Waals surface area contributed by atoms with E-state index in [1.165, 1.54) is 6.21 Å². The van der Waals surface area contributed by atoms with E-state index < -0.39 is 6.04 Å². The first kappa shape index (κ1) is 24.0. The van der Waals surface area contributed by atoms with Crippen molar-refractivity contribution in [1.82, 2.24) is 20.9 Å². The number of aromatic nitrogens is 1. The number of benzene rings is 2. The molecule has 1 unspecified atom stereocenters. The number of aliphatic imine (C=N–C) groups is 1. The van der Waals surface area contributed by atoms with Gasteiger partial charge < -0.3 is 25.8 Å². The SMILES string of the molecule is CN/C=C(\C=N)CNC(=O)C1=C(C)NC(Nc2nc3ccc(C)cc3o2)=NC1c1ccccc1Cl. The number of carbonyl (C=O) groups excluding carboxylic acids is 1. The number of oxazole rings is 1. The highest BCUT2D eigenvalue weighted by atomic mass is 35.5. The van der Waals surface area contributed by atoms with E-state index in [1.54, 1.807) is 26.2 Å². The first-order valence-electron chi connectivity index (χ1n) is 11.0. The lowest BCUT2D eigenvalue weighted by atomic mass is 9.95. The number of anilines is 1. The molecule has 4 rings (SSSR count). The van der Waals surface area contributed by atoms with Gasteiger partial charge >= 0.3 is 6.01 Å². The number of allylic oxidation sites excluding steroid dienone is 1. The van der Waals surface area contributed by atoms with E-state index in [-0.39, 0.29) is 18.5 Å². The lowest BCUT2D eigenvalue weighted by Gasteiger charge is -2.27. The van der Waals surface area contributed by atoms with Crippen LogP contribution < -0.4 is 21.3 Å². The summed E-state index contributed by atoms with van der Waals surface area (Å²) in [5.74, 6) is 0.0615. The van der Waals surface area contributed by atoms with E-state index in [0.717, 1.165) is 11.1 Å². The molecule has 1 amide bonds. The van der Waals surface area contributed by atoms with Crippen LogP contribution in [0, 0.1) is 12.3 Å². The van der Waals surface area contributed by atoms with Crippen LogP contribution in [0.2, 0.25) is 5.02 Å². The van der Waals surface area contributed by atoms with Crippen LogP contribution in [0.4, 0.5) is 6.01 Å². The Balaban J connectivity index is 1.65. The van der Waals surface area contributed by atoms with Crippen molar-refractivity contribution in [3.8, 4) is 0 Å². The smallest absolute Gasteiger partial charge is 0.302 e. The topological polar surface area (TPSA) is 127 Å². The number of carbonyl (C=O) groups is 1. The van der Waals surface area contributed by atoms with Crippen LogP contribution in [0.1, 0.15) is 24.1 Å². The Kier molecular flexibility index (Phi) is 7.17. The molecule has 1 aromatic heterocycles. The number of fused-ring (bicyclic) bond motifs is 1. The summed E-state index contributed by atoms with van der Waals surface area (Å²) < 4.78 is 5.83. The van der Waals surface area contributed by atoms with Gasteiger partial charge in [-0.15, -0.1) is 0 Å². The fraction of sp³-hybridized carbons (Fsp3) is 0.200. The summed E-state index contributed by atoms with van der Waals surface area (Å²) in [5.41, 5.74) is 4.78. The van der Waals surface area contributed by atoms with Gasteiger partial charge in [0.25, 0.3) is 5.91 Å². The van der Waals surface area contributed by atoms with Crippen molar-refractivity contribution in [2.75, 3.05) is 18.9 Å². The summed E-state index contributed by atoms with van der Waals surface area (Å²) in [4.78, 5) is 22.5. The van der Waals surface area contributed by atoms with Gasteiger partial charge in [0.05, 0.1) is 5.57 Å². The highest BCUT2D eigenvalue weighted by Gasteiger charge is 2.31. The number of rotatable bonds is 7. The number of nitrogens with one attached hydrogen (secondary N) is 5. The third-order valence-corrected chi connectivity index (χ3v) is 5.77. The molecule has 0 bridgehead atoms. The number of amides is 1. The van der Waals surface area contributed by atoms with Gasteiger partial charge in [0.15, 0.2) is 5.58 Å². The Bertz CT molecular complexity index is 1370. The van der Waals surface area contributed by atoms with E-state index in [9.17, 15) is 4.79 Å². The van der Waals surface area contributed by atoms with Crippen LogP contribution in [-0.2, 0) is 4.79 Å². The van der Waals surface area contributed by atoms with Gasteiger partial charge in [-0.05, 0) is 37.6 Å². The van der Waals surface area contributed by atoms with Gasteiger partial charge in [-0.3, -0.25) is 10.1 Å². The fourth-order valence-corrected chi connectivity index (χ4v) is 3.99. The van der Waals surface area contributed by atoms with Crippen LogP contribution >= 0.6 is 11.6 Å². The zero-order valence-corrected chi connectivity index (χ0v) is 20.3. The van der Waals surface area contributed by atoms with Crippen molar-refractivity contribution >= 4 is 46.8 Å². The highest BCUT2D eigenvalue weighted by molar-refractivity contribution is 6.31. The molecule has 2 heterocycles. The molecule has 0 fully saturated rings. The first-order valence-corrected chi connectivity index (χ1v) is 11.4. The number of nitrogens with zero attached hydrogens (tertiary/aromatic N) is 2. The lowest BCUT2D eigenvalue weighted by Crippen LogP contribution is -2.39. The predicted octanol–water partition coefficient (Wildman–Crippen LogP) is 4.05. The quantitative estimate of drug-likeness (QED) is 0.317. The largest absolute Gasteiger partial charge is 0.423 e. The Labute approximate surface area is 207 Å². The second-order valence-electron chi connectivity index (χ2n) is 8.02. The molecule has 0 aliphatic carbocycles. The van der Waals surface area contributed by atoms with Gasteiger partial charge in [-0.1, -0.05) is 35.9 Å². The normalized spacial score (nSPS) is 15.9. The van der Waals surface area contributed by atoms with Crippen molar-refractivity contribution in [3.05, 3.63) is 81.7 Å². The molecule has 0 saturated heterocycles. The van der Waals surface area contributed by atoms with Crippen LogP contribution in [-0.4, -0.2) is 36.7 Å². The number of guanidine groups is 1. The predicted molar refractivity (Wildman–Crippen MR) is 139 cm³/mol. The van der Waals surface area contributed by atoms with Crippen molar-refractivity contribution in [3.63, 3.8) is 0 Å². The highest BCUT2D eigenvalue weighted by Crippen LogP contribution is 2.35. The minimum atomic E-state index is -0.671. The molecule has 0 saturated carbocycles. The third-order valence-electron chi connectivity index (χ3n) is 5.42. The van der Waals surface area contributed by atoms with Crippen LogP contribution in [0.5, 0.6) is 0 Å². The molecule has 1 aliphatic rings. The molecular formula is C25H26ClN7O2. The molecule has 180 valence electrons. The van der Waals surface area contributed by atoms with Crippen LogP contribution in [0.3, 0.4) is 0 Å². The molecule has 9 nitrogen and oxygen atoms in total. The molecule has 1 aliphatic heterocycles. The molecule has 10 heteroatoms. The third kappa shape index (κ3) is 5.36. The van der Waals surface area contributed by atoms with Crippen LogP contribution in [0.15, 0.2) is 74.9 Å². The summed E-state index contributed by atoms with van der Waals surface area (Å²) >= 11 is 6.50. The van der Waals surface area contributed by atoms with E-state index in [4.69, 9.17) is 26.4 Å². The minimum Gasteiger partial charge on any atom is -0.423 e. The van der Waals surface area contributed by atoms with Gasteiger partial charge in [0, 0.05) is 47.9 Å². The number of halogens is 1. The van der Waals surface area contributed by atoms with Crippen molar-refractivity contribution in [2.24, 2.45) is 4.99 Å². The maximum Gasteiger partial charge on any atom is 0.302 e. The van der Waals surface area contributed by atoms with Crippen molar-refractivity contribution in [1.29, 1.82) is 5.41 Å². The van der Waals surface area contributed by atoms with Crippen molar-refractivity contribution in [2.45, 2.75) is 19.9 Å². The molecule has 5 N–H and O–H groups in total. The zero-order valence-electron chi connectivity index (χ0n) is 19.6. The number of hydrogen-bond acceptors (Lipinski definition) is 8. The zero-order chi connectivity index (χ0) is 24.9. The summed E-state index contributed by atoms with van der Waals surface area (Å²) in [6, 6.07) is 12.7. The van der Waals surface area contributed by atoms with Crippen molar-refractivity contribution < 1.29 is 9.21 Å². The van der Waals surface area contributed by atoms with E-state index >= 15 is 0 Å². The second-order valence-corrected chi connectivity index (χ2v) is 8.42. The monoisotopic (exact) mass is 491 g/mol. The maximum absolute atomic E-state index is 13.2. The van der Waals surface area contributed by atoms with Crippen LogP contribution in [0.25, 0.3) is 11.1 Å². The second kappa shape index (κ2) is 10.4. The van der Waals surface area contributed by atoms with E-state index in [1.807, 2.05) is 43.3 Å². The fourth-order valence-electron chi connectivity index (χ4n) is 3.75. The van der Waals surface area contributed by atoms with Gasteiger partial charge in [-0.25, -0.2) is 4.99 Å². The summed E-state index contributed by atoms with van der Waals surface area (Å²) in [6.45, 7) is 3.97. The molecule has 0 spiro atoms. The van der Waals surface area contributed by atoms with Gasteiger partial charge in [0.1, 0.15) is 11.6 Å². The molecule has 35 heavy (non-hydrogen) atoms. The minimum absolute atomic E-state index is 0.187. The molecule has 2 aromatic carbocycles. The van der Waals surface area contributed by atoms with E-state index in [2.05, 4.69) is 26.3 Å². The molecular weight excluding hydrogens is 466 g/mol. The number of hydrogen-bond donors (Lipinski definition) is 5. The van der Waals surface area contributed by atoms with Gasteiger partial charge in [-0.2, -0.15) is 4.98 Å². The molecule has 1 atom stereocenters. The molecule has 3 aromatic rings.